The number of nitrogens with zero attached hydrogens (tertiary/aromatic N) is 3. The van der Waals surface area contributed by atoms with Gasteiger partial charge in [0.25, 0.3) is 5.91 Å². The number of hydrogen-bond donors (Lipinski definition) is 0. The predicted molar refractivity (Wildman–Crippen MR) is 110 cm³/mol. The maximum absolute atomic E-state index is 13.1. The van der Waals surface area contributed by atoms with Gasteiger partial charge in [-0.25, -0.2) is 4.39 Å². The number of allylic oxidation sites excluding steroid dienone is 1. The van der Waals surface area contributed by atoms with Crippen molar-refractivity contribution in [1.82, 2.24) is 14.4 Å². The van der Waals surface area contributed by atoms with Gasteiger partial charge < -0.3 is 13.9 Å². The smallest absolute Gasteiger partial charge is 0.270 e. The molecule has 1 aliphatic heterocycles. The lowest BCUT2D eigenvalue weighted by molar-refractivity contribution is 0.0619. The Morgan fingerprint density at radius 2 is 1.89 bits per heavy atom. The number of carbonyl (C=O) groups excluding carboxylic acids is 1. The van der Waals surface area contributed by atoms with Crippen molar-refractivity contribution in [2.75, 3.05) is 26.2 Å². The number of fused-ring (bicyclic) bond motifs is 1. The van der Waals surface area contributed by atoms with Gasteiger partial charge in [-0.3, -0.25) is 9.69 Å². The fourth-order valence-corrected chi connectivity index (χ4v) is 4.02. The number of furan rings is 1. The molecule has 0 radical (unpaired) electrons. The normalized spacial score (nSPS) is 15.3. The van der Waals surface area contributed by atoms with Crippen molar-refractivity contribution in [3.05, 3.63) is 70.8 Å². The molecule has 7 heteroatoms. The number of aromatic nitrogens is 1. The SMILES string of the molecule is C=CCn1c(C(=O)N2CCN(Cc3ccc(F)cc3)CC2)cc2oc(Br)cc21. The van der Waals surface area contributed by atoms with E-state index in [1.807, 2.05) is 27.7 Å². The van der Waals surface area contributed by atoms with Crippen LogP contribution in [-0.4, -0.2) is 46.5 Å². The average molecular weight is 446 g/mol. The van der Waals surface area contributed by atoms with Crippen LogP contribution in [-0.2, 0) is 13.1 Å². The zero-order chi connectivity index (χ0) is 19.7. The van der Waals surface area contributed by atoms with Crippen LogP contribution in [0.15, 0.2) is 58.1 Å². The van der Waals surface area contributed by atoms with E-state index in [0.29, 0.717) is 35.6 Å². The first kappa shape index (κ1) is 19.0. The molecule has 0 saturated carbocycles. The highest BCUT2D eigenvalue weighted by Gasteiger charge is 2.26. The van der Waals surface area contributed by atoms with Crippen LogP contribution < -0.4 is 0 Å². The molecule has 1 fully saturated rings. The molecule has 1 amide bonds. The summed E-state index contributed by atoms with van der Waals surface area (Å²) >= 11 is 3.34. The largest absolute Gasteiger partial charge is 0.448 e. The van der Waals surface area contributed by atoms with E-state index in [1.54, 1.807) is 12.1 Å². The summed E-state index contributed by atoms with van der Waals surface area (Å²) in [6, 6.07) is 10.3. The second-order valence-corrected chi connectivity index (χ2v) is 7.71. The van der Waals surface area contributed by atoms with Crippen molar-refractivity contribution in [2.45, 2.75) is 13.1 Å². The predicted octanol–water partition coefficient (Wildman–Crippen LogP) is 4.28. The number of benzene rings is 1. The molecule has 0 N–H and O–H groups in total. The van der Waals surface area contributed by atoms with Crippen molar-refractivity contribution in [1.29, 1.82) is 0 Å². The molecule has 28 heavy (non-hydrogen) atoms. The summed E-state index contributed by atoms with van der Waals surface area (Å²) in [6.45, 7) is 7.99. The van der Waals surface area contributed by atoms with Gasteiger partial charge >= 0.3 is 0 Å². The first-order valence-corrected chi connectivity index (χ1v) is 10.00. The number of amides is 1. The summed E-state index contributed by atoms with van der Waals surface area (Å²) in [5, 5.41) is 0. The molecule has 0 spiro atoms. The van der Waals surface area contributed by atoms with E-state index >= 15 is 0 Å². The Balaban J connectivity index is 1.44. The number of halogens is 2. The van der Waals surface area contributed by atoms with E-state index in [1.165, 1.54) is 12.1 Å². The lowest BCUT2D eigenvalue weighted by atomic mass is 10.2. The quantitative estimate of drug-likeness (QED) is 0.550. The Bertz CT molecular complexity index is 1000. The van der Waals surface area contributed by atoms with E-state index in [-0.39, 0.29) is 11.7 Å². The van der Waals surface area contributed by atoms with Crippen molar-refractivity contribution in [3.8, 4) is 0 Å². The fourth-order valence-electron chi connectivity index (χ4n) is 3.63. The lowest BCUT2D eigenvalue weighted by Crippen LogP contribution is -2.48. The summed E-state index contributed by atoms with van der Waals surface area (Å²) in [7, 11) is 0. The Morgan fingerprint density at radius 1 is 1.18 bits per heavy atom. The summed E-state index contributed by atoms with van der Waals surface area (Å²) in [6.07, 6.45) is 1.78. The highest BCUT2D eigenvalue weighted by atomic mass is 79.9. The lowest BCUT2D eigenvalue weighted by Gasteiger charge is -2.34. The fraction of sp³-hybridized carbons (Fsp3) is 0.286. The Labute approximate surface area is 171 Å². The minimum Gasteiger partial charge on any atom is -0.448 e. The maximum atomic E-state index is 13.1. The first-order chi connectivity index (χ1) is 13.5. The van der Waals surface area contributed by atoms with Crippen LogP contribution in [0.4, 0.5) is 4.39 Å². The van der Waals surface area contributed by atoms with Gasteiger partial charge in [0.15, 0.2) is 10.3 Å². The molecule has 5 nitrogen and oxygen atoms in total. The van der Waals surface area contributed by atoms with E-state index in [4.69, 9.17) is 4.42 Å². The van der Waals surface area contributed by atoms with Gasteiger partial charge in [0.1, 0.15) is 11.5 Å². The van der Waals surface area contributed by atoms with Crippen molar-refractivity contribution in [2.24, 2.45) is 0 Å². The minimum atomic E-state index is -0.223. The third kappa shape index (κ3) is 3.77. The van der Waals surface area contributed by atoms with Crippen LogP contribution in [0, 0.1) is 5.82 Å². The van der Waals surface area contributed by atoms with Gasteiger partial charge in [0, 0.05) is 51.4 Å². The van der Waals surface area contributed by atoms with E-state index in [0.717, 1.165) is 30.7 Å². The van der Waals surface area contributed by atoms with E-state index < -0.39 is 0 Å². The second kappa shape index (κ2) is 7.93. The molecule has 4 rings (SSSR count). The molecule has 3 aromatic rings. The van der Waals surface area contributed by atoms with Gasteiger partial charge in [-0.15, -0.1) is 6.58 Å². The van der Waals surface area contributed by atoms with Crippen LogP contribution in [0.5, 0.6) is 0 Å². The van der Waals surface area contributed by atoms with Gasteiger partial charge in [0.05, 0.1) is 5.52 Å². The number of rotatable bonds is 5. The highest BCUT2D eigenvalue weighted by molar-refractivity contribution is 9.10. The molecule has 2 aromatic heterocycles. The molecule has 1 saturated heterocycles. The molecule has 146 valence electrons. The summed E-state index contributed by atoms with van der Waals surface area (Å²) in [5.41, 5.74) is 3.26. The van der Waals surface area contributed by atoms with Crippen LogP contribution in [0.25, 0.3) is 11.1 Å². The molecule has 1 aromatic carbocycles. The molecule has 0 bridgehead atoms. The van der Waals surface area contributed by atoms with Crippen LogP contribution >= 0.6 is 15.9 Å². The summed E-state index contributed by atoms with van der Waals surface area (Å²) < 4.78 is 21.3. The third-order valence-electron chi connectivity index (χ3n) is 5.07. The first-order valence-electron chi connectivity index (χ1n) is 9.20. The van der Waals surface area contributed by atoms with Gasteiger partial charge in [-0.05, 0) is 33.6 Å². The molecule has 0 unspecified atom stereocenters. The van der Waals surface area contributed by atoms with E-state index in [9.17, 15) is 9.18 Å². The topological polar surface area (TPSA) is 41.6 Å². The Kier molecular flexibility index (Phi) is 5.37. The van der Waals surface area contributed by atoms with Crippen molar-refractivity contribution in [3.63, 3.8) is 0 Å². The number of hydrogen-bond acceptors (Lipinski definition) is 3. The zero-order valence-electron chi connectivity index (χ0n) is 15.4. The van der Waals surface area contributed by atoms with Crippen LogP contribution in [0.3, 0.4) is 0 Å². The number of carbonyl (C=O) groups is 1. The Hall–Kier alpha value is -2.38. The molecular weight excluding hydrogens is 425 g/mol. The standard InChI is InChI=1S/C21H21BrFN3O2/c1-2-7-26-17-13-20(22)28-19(17)12-18(26)21(27)25-10-8-24(9-11-25)14-15-3-5-16(23)6-4-15/h2-6,12-13H,1,7-11,14H2. The molecular formula is C21H21BrFN3O2. The molecule has 0 aliphatic carbocycles. The van der Waals surface area contributed by atoms with Crippen LogP contribution in [0.2, 0.25) is 0 Å². The van der Waals surface area contributed by atoms with Crippen LogP contribution in [0.1, 0.15) is 16.1 Å². The minimum absolute atomic E-state index is 0.00537. The monoisotopic (exact) mass is 445 g/mol. The van der Waals surface area contributed by atoms with Gasteiger partial charge in [0.2, 0.25) is 0 Å². The maximum Gasteiger partial charge on any atom is 0.270 e. The zero-order valence-corrected chi connectivity index (χ0v) is 17.0. The Morgan fingerprint density at radius 3 is 2.57 bits per heavy atom. The molecule has 3 heterocycles. The van der Waals surface area contributed by atoms with Crippen molar-refractivity contribution >= 4 is 32.9 Å². The van der Waals surface area contributed by atoms with Crippen molar-refractivity contribution < 1.29 is 13.6 Å². The molecule has 1 aliphatic rings. The average Bonchev–Trinajstić information content (AvgIpc) is 3.21. The summed E-state index contributed by atoms with van der Waals surface area (Å²) in [5.74, 6) is -0.217. The second-order valence-electron chi connectivity index (χ2n) is 6.92. The van der Waals surface area contributed by atoms with Gasteiger partial charge in [-0.2, -0.15) is 0 Å². The third-order valence-corrected chi connectivity index (χ3v) is 5.46. The summed E-state index contributed by atoms with van der Waals surface area (Å²) in [4.78, 5) is 17.3. The number of piperazine rings is 1. The van der Waals surface area contributed by atoms with E-state index in [2.05, 4.69) is 27.4 Å². The van der Waals surface area contributed by atoms with Gasteiger partial charge in [-0.1, -0.05) is 18.2 Å². The highest BCUT2D eigenvalue weighted by Crippen LogP contribution is 2.28. The molecule has 0 atom stereocenters.